The summed E-state index contributed by atoms with van der Waals surface area (Å²) in [6, 6.07) is 6.89. The first kappa shape index (κ1) is 16.8. The van der Waals surface area contributed by atoms with Crippen molar-refractivity contribution in [2.75, 3.05) is 31.6 Å². The second kappa shape index (κ2) is 8.16. The fraction of sp³-hybridized carbons (Fsp3) is 0.647. The van der Waals surface area contributed by atoms with Crippen LogP contribution in [-0.2, 0) is 4.74 Å². The molecule has 0 aliphatic carbocycles. The van der Waals surface area contributed by atoms with Gasteiger partial charge in [0.15, 0.2) is 0 Å². The molecule has 2 unspecified atom stereocenters. The highest BCUT2D eigenvalue weighted by Crippen LogP contribution is 2.29. The average molecular weight is 355 g/mol. The van der Waals surface area contributed by atoms with Crippen molar-refractivity contribution in [3.05, 3.63) is 28.2 Å². The molecule has 2 atom stereocenters. The molecule has 1 aromatic rings. The zero-order valence-corrected chi connectivity index (χ0v) is 14.9. The highest BCUT2D eigenvalue weighted by atomic mass is 79.9. The van der Waals surface area contributed by atoms with E-state index in [1.165, 1.54) is 30.5 Å². The van der Waals surface area contributed by atoms with E-state index < -0.39 is 0 Å². The molecule has 1 aliphatic heterocycles. The first-order valence-electron chi connectivity index (χ1n) is 7.97. The first-order valence-corrected chi connectivity index (χ1v) is 8.76. The molecule has 0 saturated carbocycles. The number of nitrogens with one attached hydrogen (secondary N) is 1. The van der Waals surface area contributed by atoms with E-state index in [1.54, 1.807) is 0 Å². The van der Waals surface area contributed by atoms with Gasteiger partial charge >= 0.3 is 0 Å². The van der Waals surface area contributed by atoms with Crippen molar-refractivity contribution in [1.29, 1.82) is 0 Å². The Bertz CT molecular complexity index is 446. The van der Waals surface area contributed by atoms with Gasteiger partial charge in [0.2, 0.25) is 0 Å². The fourth-order valence-electron chi connectivity index (χ4n) is 2.99. The molecule has 0 spiro atoms. The minimum Gasteiger partial charge on any atom is -0.376 e. The van der Waals surface area contributed by atoms with Crippen LogP contribution in [0.4, 0.5) is 5.69 Å². The van der Waals surface area contributed by atoms with Crippen LogP contribution in [0.15, 0.2) is 22.7 Å². The van der Waals surface area contributed by atoms with Gasteiger partial charge in [0.1, 0.15) is 0 Å². The number of rotatable bonds is 6. The summed E-state index contributed by atoms with van der Waals surface area (Å²) >= 11 is 3.59. The molecule has 4 heteroatoms. The Labute approximate surface area is 137 Å². The predicted molar refractivity (Wildman–Crippen MR) is 93.1 cm³/mol. The van der Waals surface area contributed by atoms with Crippen molar-refractivity contribution in [3.8, 4) is 0 Å². The molecule has 0 radical (unpaired) electrons. The average Bonchev–Trinajstić information content (AvgIpc) is 2.48. The second-order valence-electron chi connectivity index (χ2n) is 5.85. The molecule has 1 fully saturated rings. The number of likely N-dealkylation sites (N-methyl/N-ethyl adjacent to an activating group) is 1. The van der Waals surface area contributed by atoms with Crippen molar-refractivity contribution < 1.29 is 4.74 Å². The number of ether oxygens (including phenoxy) is 1. The van der Waals surface area contributed by atoms with E-state index in [0.29, 0.717) is 12.1 Å². The minimum absolute atomic E-state index is 0.345. The van der Waals surface area contributed by atoms with Crippen LogP contribution < -0.4 is 10.2 Å². The van der Waals surface area contributed by atoms with Gasteiger partial charge in [-0.3, -0.25) is 0 Å². The Morgan fingerprint density at radius 2 is 2.24 bits per heavy atom. The highest BCUT2D eigenvalue weighted by molar-refractivity contribution is 9.10. The SMILES string of the molecule is CCNC(C)c1cc(Br)ccc1N(C)CC1CCCCO1. The topological polar surface area (TPSA) is 24.5 Å². The molecule has 2 rings (SSSR count). The van der Waals surface area contributed by atoms with Gasteiger partial charge in [0, 0.05) is 36.4 Å². The largest absolute Gasteiger partial charge is 0.376 e. The van der Waals surface area contributed by atoms with Gasteiger partial charge in [-0.1, -0.05) is 22.9 Å². The number of nitrogens with zero attached hydrogens (tertiary/aromatic N) is 1. The molecule has 1 saturated heterocycles. The molecule has 21 heavy (non-hydrogen) atoms. The highest BCUT2D eigenvalue weighted by Gasteiger charge is 2.19. The van der Waals surface area contributed by atoms with Crippen molar-refractivity contribution >= 4 is 21.6 Å². The number of halogens is 1. The van der Waals surface area contributed by atoms with E-state index >= 15 is 0 Å². The Morgan fingerprint density at radius 3 is 2.90 bits per heavy atom. The Kier molecular flexibility index (Phi) is 6.52. The Morgan fingerprint density at radius 1 is 1.43 bits per heavy atom. The van der Waals surface area contributed by atoms with Gasteiger partial charge in [0.25, 0.3) is 0 Å². The fourth-order valence-corrected chi connectivity index (χ4v) is 3.37. The molecule has 1 heterocycles. The van der Waals surface area contributed by atoms with E-state index in [1.807, 2.05) is 0 Å². The molecule has 1 aliphatic rings. The van der Waals surface area contributed by atoms with E-state index in [0.717, 1.165) is 24.2 Å². The van der Waals surface area contributed by atoms with Crippen LogP contribution in [0.5, 0.6) is 0 Å². The van der Waals surface area contributed by atoms with Gasteiger partial charge in [-0.25, -0.2) is 0 Å². The van der Waals surface area contributed by atoms with Crippen LogP contribution in [0.3, 0.4) is 0 Å². The van der Waals surface area contributed by atoms with Crippen LogP contribution >= 0.6 is 15.9 Å². The maximum absolute atomic E-state index is 5.88. The van der Waals surface area contributed by atoms with E-state index in [9.17, 15) is 0 Å². The summed E-state index contributed by atoms with van der Waals surface area (Å²) in [6.45, 7) is 7.23. The summed E-state index contributed by atoms with van der Waals surface area (Å²) in [5.41, 5.74) is 2.63. The Hall–Kier alpha value is -0.580. The van der Waals surface area contributed by atoms with Crippen molar-refractivity contribution in [2.45, 2.75) is 45.3 Å². The summed E-state index contributed by atoms with van der Waals surface area (Å²) < 4.78 is 7.01. The maximum atomic E-state index is 5.88. The van der Waals surface area contributed by atoms with Crippen LogP contribution in [0, 0.1) is 0 Å². The lowest BCUT2D eigenvalue weighted by Gasteiger charge is -2.31. The zero-order valence-electron chi connectivity index (χ0n) is 13.4. The van der Waals surface area contributed by atoms with Gasteiger partial charge in [0.05, 0.1) is 6.10 Å². The molecule has 1 N–H and O–H groups in total. The van der Waals surface area contributed by atoms with Crippen molar-refractivity contribution in [3.63, 3.8) is 0 Å². The third-order valence-electron chi connectivity index (χ3n) is 4.13. The molecule has 1 aromatic carbocycles. The Balaban J connectivity index is 2.12. The third kappa shape index (κ3) is 4.70. The predicted octanol–water partition coefficient (Wildman–Crippen LogP) is 4.12. The van der Waals surface area contributed by atoms with Crippen molar-refractivity contribution in [2.24, 2.45) is 0 Å². The smallest absolute Gasteiger partial charge is 0.0749 e. The monoisotopic (exact) mass is 354 g/mol. The van der Waals surface area contributed by atoms with E-state index in [2.05, 4.69) is 65.2 Å². The van der Waals surface area contributed by atoms with E-state index in [-0.39, 0.29) is 0 Å². The summed E-state index contributed by atoms with van der Waals surface area (Å²) in [5, 5.41) is 3.51. The zero-order chi connectivity index (χ0) is 15.2. The van der Waals surface area contributed by atoms with Crippen molar-refractivity contribution in [1.82, 2.24) is 5.32 Å². The molecule has 0 aromatic heterocycles. The molecule has 118 valence electrons. The third-order valence-corrected chi connectivity index (χ3v) is 4.62. The van der Waals surface area contributed by atoms with Gasteiger partial charge < -0.3 is 15.0 Å². The molecule has 0 bridgehead atoms. The van der Waals surface area contributed by atoms with E-state index in [4.69, 9.17) is 4.74 Å². The maximum Gasteiger partial charge on any atom is 0.0749 e. The first-order chi connectivity index (χ1) is 10.1. The summed E-state index contributed by atoms with van der Waals surface area (Å²) in [4.78, 5) is 2.34. The van der Waals surface area contributed by atoms with Gasteiger partial charge in [-0.15, -0.1) is 0 Å². The molecule has 0 amide bonds. The van der Waals surface area contributed by atoms with Gasteiger partial charge in [-0.05, 0) is 56.5 Å². The van der Waals surface area contributed by atoms with Crippen LogP contribution in [0.1, 0.15) is 44.7 Å². The molecular weight excluding hydrogens is 328 g/mol. The molecular formula is C17H27BrN2O. The van der Waals surface area contributed by atoms with Crippen LogP contribution in [-0.4, -0.2) is 32.8 Å². The lowest BCUT2D eigenvalue weighted by atomic mass is 10.0. The number of hydrogen-bond acceptors (Lipinski definition) is 3. The lowest BCUT2D eigenvalue weighted by molar-refractivity contribution is 0.0216. The number of hydrogen-bond donors (Lipinski definition) is 1. The number of benzene rings is 1. The summed E-state index contributed by atoms with van der Waals surface area (Å²) in [6.07, 6.45) is 4.05. The second-order valence-corrected chi connectivity index (χ2v) is 6.77. The number of anilines is 1. The van der Waals surface area contributed by atoms with Crippen LogP contribution in [0.2, 0.25) is 0 Å². The van der Waals surface area contributed by atoms with Gasteiger partial charge in [-0.2, -0.15) is 0 Å². The summed E-state index contributed by atoms with van der Waals surface area (Å²) in [7, 11) is 2.17. The quantitative estimate of drug-likeness (QED) is 0.831. The normalized spacial score (nSPS) is 20.3. The standard InChI is InChI=1S/C17H27BrN2O/c1-4-19-13(2)16-11-14(18)8-9-17(16)20(3)12-15-7-5-6-10-21-15/h8-9,11,13,15,19H,4-7,10,12H2,1-3H3. The lowest BCUT2D eigenvalue weighted by Crippen LogP contribution is -2.34. The summed E-state index contributed by atoms with van der Waals surface area (Å²) in [5.74, 6) is 0. The molecule has 3 nitrogen and oxygen atoms in total. The minimum atomic E-state index is 0.345. The van der Waals surface area contributed by atoms with Crippen LogP contribution in [0.25, 0.3) is 0 Å².